The molecule has 5 nitrogen and oxygen atoms in total. The Labute approximate surface area is 122 Å². The minimum absolute atomic E-state index is 0.390. The van der Waals surface area contributed by atoms with Gasteiger partial charge in [0.2, 0.25) is 0 Å². The minimum atomic E-state index is 0.390. The van der Waals surface area contributed by atoms with Gasteiger partial charge in [-0.2, -0.15) is 0 Å². The maximum absolute atomic E-state index is 11.2. The van der Waals surface area contributed by atoms with Crippen LogP contribution < -0.4 is 0 Å². The van der Waals surface area contributed by atoms with Gasteiger partial charge in [0.1, 0.15) is 5.69 Å². The van der Waals surface area contributed by atoms with Crippen LogP contribution in [0.4, 0.5) is 0 Å². The summed E-state index contributed by atoms with van der Waals surface area (Å²) in [5.74, 6) is 0. The normalized spacial score (nSPS) is 10.9. The van der Waals surface area contributed by atoms with E-state index in [1.807, 2.05) is 31.3 Å². The Morgan fingerprint density at radius 1 is 1.43 bits per heavy atom. The number of aromatic amines is 1. The molecule has 3 rings (SSSR count). The first-order chi connectivity index (χ1) is 10.2. The molecule has 0 atom stereocenters. The lowest BCUT2D eigenvalue weighted by Crippen LogP contribution is -2.07. The van der Waals surface area contributed by atoms with E-state index >= 15 is 0 Å². The molecule has 2 heterocycles. The molecule has 0 amide bonds. The molecule has 0 radical (unpaired) electrons. The fourth-order valence-electron chi connectivity index (χ4n) is 2.46. The van der Waals surface area contributed by atoms with Gasteiger partial charge >= 0.3 is 0 Å². The van der Waals surface area contributed by atoms with E-state index in [9.17, 15) is 4.79 Å². The largest absolute Gasteiger partial charge is 0.361 e. The molecule has 1 aromatic carbocycles. The van der Waals surface area contributed by atoms with Gasteiger partial charge in [-0.05, 0) is 18.6 Å². The Hall–Kier alpha value is -2.69. The van der Waals surface area contributed by atoms with Gasteiger partial charge in [0, 0.05) is 23.5 Å². The number of hydrogen-bond acceptors (Lipinski definition) is 3. The van der Waals surface area contributed by atoms with E-state index in [1.165, 1.54) is 0 Å². The maximum atomic E-state index is 11.2. The molecule has 0 bridgehead atoms. The van der Waals surface area contributed by atoms with Gasteiger partial charge in [0.05, 0.1) is 12.2 Å². The summed E-state index contributed by atoms with van der Waals surface area (Å²) in [5.41, 5.74) is 4.38. The molecule has 0 aliphatic rings. The van der Waals surface area contributed by atoms with E-state index in [0.29, 0.717) is 18.7 Å². The van der Waals surface area contributed by atoms with Crippen LogP contribution in [-0.2, 0) is 13.0 Å². The zero-order chi connectivity index (χ0) is 14.8. The Morgan fingerprint density at radius 3 is 3.00 bits per heavy atom. The van der Waals surface area contributed by atoms with Crippen molar-refractivity contribution in [3.63, 3.8) is 0 Å². The van der Waals surface area contributed by atoms with E-state index in [1.54, 1.807) is 4.68 Å². The first kappa shape index (κ1) is 13.3. The molecule has 0 spiro atoms. The van der Waals surface area contributed by atoms with Crippen molar-refractivity contribution < 1.29 is 4.79 Å². The highest BCUT2D eigenvalue weighted by molar-refractivity contribution is 5.83. The van der Waals surface area contributed by atoms with Crippen molar-refractivity contribution in [2.75, 3.05) is 0 Å². The highest BCUT2D eigenvalue weighted by Gasteiger charge is 2.15. The summed E-state index contributed by atoms with van der Waals surface area (Å²) in [7, 11) is 0. The number of aldehydes is 1. The first-order valence-corrected chi connectivity index (χ1v) is 6.76. The molecule has 0 aliphatic carbocycles. The average Bonchev–Trinajstić information content (AvgIpc) is 3.04. The van der Waals surface area contributed by atoms with Gasteiger partial charge in [0.15, 0.2) is 6.29 Å². The molecule has 0 saturated carbocycles. The van der Waals surface area contributed by atoms with E-state index in [0.717, 1.165) is 34.0 Å². The minimum Gasteiger partial charge on any atom is -0.361 e. The number of fused-ring (bicyclic) bond motifs is 1. The number of nitrogens with zero attached hydrogens (tertiary/aromatic N) is 3. The van der Waals surface area contributed by atoms with Crippen LogP contribution >= 0.6 is 0 Å². The molecule has 3 aromatic rings. The molecule has 106 valence electrons. The van der Waals surface area contributed by atoms with Crippen LogP contribution in [0.1, 0.15) is 28.7 Å². The number of H-pyrrole nitrogens is 1. The highest BCUT2D eigenvalue weighted by Crippen LogP contribution is 2.21. The first-order valence-electron chi connectivity index (χ1n) is 6.76. The fourth-order valence-corrected chi connectivity index (χ4v) is 2.46. The zero-order valence-corrected chi connectivity index (χ0v) is 11.8. The van der Waals surface area contributed by atoms with Crippen molar-refractivity contribution in [2.24, 2.45) is 0 Å². The van der Waals surface area contributed by atoms with Crippen molar-refractivity contribution in [3.8, 4) is 0 Å². The SMILES string of the molecule is C=C(C)Cn1nnc(C=O)c1Cc1c[nH]c2ccccc12. The average molecular weight is 280 g/mol. The molecule has 0 aliphatic heterocycles. The monoisotopic (exact) mass is 280 g/mol. The lowest BCUT2D eigenvalue weighted by Gasteiger charge is -2.06. The number of allylic oxidation sites excluding steroid dienone is 1. The smallest absolute Gasteiger partial charge is 0.172 e. The molecule has 2 aromatic heterocycles. The van der Waals surface area contributed by atoms with Gasteiger partial charge in [-0.15, -0.1) is 5.10 Å². The van der Waals surface area contributed by atoms with E-state index in [2.05, 4.69) is 27.9 Å². The standard InChI is InChI=1S/C16H16N4O/c1-11(2)9-20-16(15(10-21)18-19-20)7-12-8-17-14-6-4-3-5-13(12)14/h3-6,8,10,17H,1,7,9H2,2H3. The van der Waals surface area contributed by atoms with Gasteiger partial charge in [-0.25, -0.2) is 4.68 Å². The number of aromatic nitrogens is 4. The Balaban J connectivity index is 2.02. The van der Waals surface area contributed by atoms with Crippen molar-refractivity contribution in [1.29, 1.82) is 0 Å². The number of hydrogen-bond donors (Lipinski definition) is 1. The van der Waals surface area contributed by atoms with Crippen LogP contribution in [0.15, 0.2) is 42.6 Å². The number of benzene rings is 1. The lowest BCUT2D eigenvalue weighted by atomic mass is 10.1. The third-order valence-electron chi connectivity index (χ3n) is 3.43. The molecular weight excluding hydrogens is 264 g/mol. The maximum Gasteiger partial charge on any atom is 0.172 e. The predicted molar refractivity (Wildman–Crippen MR) is 81.3 cm³/mol. The van der Waals surface area contributed by atoms with Crippen LogP contribution in [0.2, 0.25) is 0 Å². The van der Waals surface area contributed by atoms with E-state index in [4.69, 9.17) is 0 Å². The lowest BCUT2D eigenvalue weighted by molar-refractivity contribution is 0.111. The van der Waals surface area contributed by atoms with E-state index in [-0.39, 0.29) is 0 Å². The summed E-state index contributed by atoms with van der Waals surface area (Å²) in [5, 5.41) is 9.14. The van der Waals surface area contributed by atoms with Gasteiger partial charge < -0.3 is 4.98 Å². The number of nitrogens with one attached hydrogen (secondary N) is 1. The Morgan fingerprint density at radius 2 is 2.24 bits per heavy atom. The summed E-state index contributed by atoms with van der Waals surface area (Å²) in [6.45, 7) is 6.39. The van der Waals surface area contributed by atoms with Crippen molar-refractivity contribution in [1.82, 2.24) is 20.0 Å². The summed E-state index contributed by atoms with van der Waals surface area (Å²) < 4.78 is 1.74. The molecule has 0 fully saturated rings. The third kappa shape index (κ3) is 2.50. The molecular formula is C16H16N4O. The molecule has 5 heteroatoms. The van der Waals surface area contributed by atoms with Crippen LogP contribution in [0.3, 0.4) is 0 Å². The van der Waals surface area contributed by atoms with Crippen LogP contribution in [0.5, 0.6) is 0 Å². The number of carbonyl (C=O) groups excluding carboxylic acids is 1. The quantitative estimate of drug-likeness (QED) is 0.577. The summed E-state index contributed by atoms with van der Waals surface area (Å²) in [6, 6.07) is 8.09. The molecule has 0 unspecified atom stereocenters. The number of para-hydroxylation sites is 1. The van der Waals surface area contributed by atoms with Crippen molar-refractivity contribution >= 4 is 17.2 Å². The van der Waals surface area contributed by atoms with E-state index < -0.39 is 0 Å². The third-order valence-corrected chi connectivity index (χ3v) is 3.43. The summed E-state index contributed by atoms with van der Waals surface area (Å²) >= 11 is 0. The predicted octanol–water partition coefficient (Wildman–Crippen LogP) is 2.74. The highest BCUT2D eigenvalue weighted by atomic mass is 16.1. The van der Waals surface area contributed by atoms with Crippen molar-refractivity contribution in [2.45, 2.75) is 19.9 Å². The molecule has 1 N–H and O–H groups in total. The summed E-state index contributed by atoms with van der Waals surface area (Å²) in [6.07, 6.45) is 3.34. The van der Waals surface area contributed by atoms with Gasteiger partial charge in [-0.1, -0.05) is 35.6 Å². The van der Waals surface area contributed by atoms with Crippen LogP contribution in [0, 0.1) is 0 Å². The summed E-state index contributed by atoms with van der Waals surface area (Å²) in [4.78, 5) is 14.4. The Bertz CT molecular complexity index is 813. The second kappa shape index (κ2) is 5.36. The van der Waals surface area contributed by atoms with Gasteiger partial charge in [-0.3, -0.25) is 4.79 Å². The van der Waals surface area contributed by atoms with Crippen LogP contribution in [-0.4, -0.2) is 26.3 Å². The second-order valence-electron chi connectivity index (χ2n) is 5.19. The number of carbonyl (C=O) groups is 1. The fraction of sp³-hybridized carbons (Fsp3) is 0.188. The molecule has 0 saturated heterocycles. The number of rotatable bonds is 5. The van der Waals surface area contributed by atoms with Crippen molar-refractivity contribution in [3.05, 3.63) is 59.6 Å². The molecule has 21 heavy (non-hydrogen) atoms. The Kier molecular flexibility index (Phi) is 3.39. The van der Waals surface area contributed by atoms with Gasteiger partial charge in [0.25, 0.3) is 0 Å². The van der Waals surface area contributed by atoms with Crippen LogP contribution in [0.25, 0.3) is 10.9 Å². The topological polar surface area (TPSA) is 63.6 Å². The zero-order valence-electron chi connectivity index (χ0n) is 11.8. The second-order valence-corrected chi connectivity index (χ2v) is 5.19.